The molecule has 0 saturated heterocycles. The fourth-order valence-corrected chi connectivity index (χ4v) is 2.75. The van der Waals surface area contributed by atoms with E-state index in [-0.39, 0.29) is 11.9 Å². The molecule has 1 aliphatic heterocycles. The topological polar surface area (TPSA) is 29.3 Å². The van der Waals surface area contributed by atoms with Crippen molar-refractivity contribution in [3.63, 3.8) is 0 Å². The van der Waals surface area contributed by atoms with Crippen molar-refractivity contribution < 1.29 is 4.39 Å². The van der Waals surface area contributed by atoms with Crippen LogP contribution in [0.4, 0.5) is 15.8 Å². The summed E-state index contributed by atoms with van der Waals surface area (Å²) < 4.78 is 14.3. The van der Waals surface area contributed by atoms with Gasteiger partial charge in [-0.05, 0) is 36.6 Å². The van der Waals surface area contributed by atoms with E-state index in [0.29, 0.717) is 5.69 Å². The number of hydrogen-bond acceptors (Lipinski definition) is 2. The van der Waals surface area contributed by atoms with Crippen LogP contribution in [0.25, 0.3) is 0 Å². The van der Waals surface area contributed by atoms with Crippen LogP contribution in [0.2, 0.25) is 0 Å². The van der Waals surface area contributed by atoms with Gasteiger partial charge in [-0.15, -0.1) is 0 Å². The molecule has 0 amide bonds. The van der Waals surface area contributed by atoms with Crippen molar-refractivity contribution in [1.82, 2.24) is 0 Å². The lowest BCUT2D eigenvalue weighted by molar-refractivity contribution is 0.620. The Morgan fingerprint density at radius 3 is 2.74 bits per heavy atom. The highest BCUT2D eigenvalue weighted by Gasteiger charge is 2.25. The van der Waals surface area contributed by atoms with Crippen molar-refractivity contribution in [3.05, 3.63) is 59.4 Å². The van der Waals surface area contributed by atoms with E-state index in [2.05, 4.69) is 6.07 Å². The maximum absolute atomic E-state index is 14.3. The van der Waals surface area contributed by atoms with Crippen molar-refractivity contribution in [1.29, 1.82) is 0 Å². The first-order valence-electron chi connectivity index (χ1n) is 6.58. The molecule has 1 unspecified atom stereocenters. The summed E-state index contributed by atoms with van der Waals surface area (Å²) in [6, 6.07) is 13.1. The largest absolute Gasteiger partial charge is 0.338 e. The van der Waals surface area contributed by atoms with E-state index in [1.807, 2.05) is 36.1 Å². The highest BCUT2D eigenvalue weighted by molar-refractivity contribution is 5.72. The molecule has 2 nitrogen and oxygen atoms in total. The van der Waals surface area contributed by atoms with Crippen LogP contribution in [-0.4, -0.2) is 6.54 Å². The molecule has 0 aliphatic carbocycles. The average Bonchev–Trinajstić information content (AvgIpc) is 2.82. The number of rotatable bonds is 2. The van der Waals surface area contributed by atoms with Crippen molar-refractivity contribution in [3.8, 4) is 0 Å². The summed E-state index contributed by atoms with van der Waals surface area (Å²) in [5.41, 5.74) is 9.82. The zero-order valence-electron chi connectivity index (χ0n) is 10.9. The lowest BCUT2D eigenvalue weighted by Crippen LogP contribution is -2.19. The Morgan fingerprint density at radius 1 is 1.16 bits per heavy atom. The van der Waals surface area contributed by atoms with Crippen molar-refractivity contribution in [2.75, 3.05) is 11.4 Å². The predicted molar refractivity (Wildman–Crippen MR) is 76.2 cm³/mol. The first-order chi connectivity index (χ1) is 9.18. The second-order valence-electron chi connectivity index (χ2n) is 5.00. The summed E-state index contributed by atoms with van der Waals surface area (Å²) in [6.45, 7) is 2.69. The van der Waals surface area contributed by atoms with Gasteiger partial charge < -0.3 is 10.6 Å². The number of halogens is 1. The Bertz CT molecular complexity index is 607. The number of anilines is 2. The molecule has 3 rings (SSSR count). The van der Waals surface area contributed by atoms with Crippen LogP contribution < -0.4 is 10.6 Å². The fraction of sp³-hybridized carbons (Fsp3) is 0.250. The Hall–Kier alpha value is -1.87. The van der Waals surface area contributed by atoms with E-state index >= 15 is 0 Å². The molecule has 0 saturated carbocycles. The van der Waals surface area contributed by atoms with Crippen LogP contribution in [0.15, 0.2) is 42.5 Å². The molecule has 3 heteroatoms. The Kier molecular flexibility index (Phi) is 2.99. The van der Waals surface area contributed by atoms with Gasteiger partial charge >= 0.3 is 0 Å². The molecule has 2 aromatic rings. The van der Waals surface area contributed by atoms with E-state index in [0.717, 1.165) is 24.2 Å². The number of nitrogens with zero attached hydrogens (tertiary/aromatic N) is 1. The third-order valence-electron chi connectivity index (χ3n) is 3.67. The first kappa shape index (κ1) is 12.2. The number of benzene rings is 2. The minimum Gasteiger partial charge on any atom is -0.338 e. The molecular formula is C16H17FN2. The zero-order chi connectivity index (χ0) is 13.4. The lowest BCUT2D eigenvalue weighted by Gasteiger charge is -2.24. The van der Waals surface area contributed by atoms with E-state index < -0.39 is 0 Å². The second-order valence-corrected chi connectivity index (χ2v) is 5.00. The molecule has 2 N–H and O–H groups in total. The van der Waals surface area contributed by atoms with Crippen LogP contribution in [0.1, 0.15) is 24.1 Å². The number of fused-ring (bicyclic) bond motifs is 1. The molecule has 1 heterocycles. The van der Waals surface area contributed by atoms with Gasteiger partial charge in [-0.2, -0.15) is 0 Å². The van der Waals surface area contributed by atoms with Crippen molar-refractivity contribution >= 4 is 11.4 Å². The zero-order valence-corrected chi connectivity index (χ0v) is 10.9. The molecule has 19 heavy (non-hydrogen) atoms. The normalized spacial score (nSPS) is 15.4. The van der Waals surface area contributed by atoms with Gasteiger partial charge in [0.2, 0.25) is 0 Å². The second kappa shape index (κ2) is 4.67. The Balaban J connectivity index is 2.14. The molecule has 0 fully saturated rings. The van der Waals surface area contributed by atoms with E-state index in [9.17, 15) is 4.39 Å². The molecule has 98 valence electrons. The van der Waals surface area contributed by atoms with Crippen molar-refractivity contribution in [2.24, 2.45) is 5.73 Å². The summed E-state index contributed by atoms with van der Waals surface area (Å²) in [6.07, 6.45) is 0.947. The van der Waals surface area contributed by atoms with Gasteiger partial charge in [-0.3, -0.25) is 0 Å². The Labute approximate surface area is 112 Å². The Morgan fingerprint density at radius 2 is 1.95 bits per heavy atom. The number of nitrogens with two attached hydrogens (primary N) is 1. The SMILES string of the molecule is CC(N)c1cccc(F)c1N1CCc2ccccc21. The van der Waals surface area contributed by atoms with Gasteiger partial charge in [0.25, 0.3) is 0 Å². The van der Waals surface area contributed by atoms with Crippen LogP contribution >= 0.6 is 0 Å². The van der Waals surface area contributed by atoms with E-state index in [4.69, 9.17) is 5.73 Å². The highest BCUT2D eigenvalue weighted by atomic mass is 19.1. The van der Waals surface area contributed by atoms with Crippen LogP contribution in [0.3, 0.4) is 0 Å². The van der Waals surface area contributed by atoms with E-state index in [1.165, 1.54) is 11.6 Å². The van der Waals surface area contributed by atoms with Crippen LogP contribution in [0.5, 0.6) is 0 Å². The van der Waals surface area contributed by atoms with Gasteiger partial charge in [0.15, 0.2) is 0 Å². The molecule has 2 aromatic carbocycles. The highest BCUT2D eigenvalue weighted by Crippen LogP contribution is 2.38. The summed E-state index contributed by atoms with van der Waals surface area (Å²) >= 11 is 0. The molecule has 0 aromatic heterocycles. The summed E-state index contributed by atoms with van der Waals surface area (Å²) in [5.74, 6) is -0.202. The molecule has 0 radical (unpaired) electrons. The van der Waals surface area contributed by atoms with E-state index in [1.54, 1.807) is 6.07 Å². The maximum Gasteiger partial charge on any atom is 0.147 e. The summed E-state index contributed by atoms with van der Waals surface area (Å²) in [4.78, 5) is 2.04. The summed E-state index contributed by atoms with van der Waals surface area (Å²) in [5, 5.41) is 0. The van der Waals surface area contributed by atoms with Gasteiger partial charge in [-0.25, -0.2) is 4.39 Å². The van der Waals surface area contributed by atoms with Gasteiger partial charge in [0, 0.05) is 18.3 Å². The maximum atomic E-state index is 14.3. The number of hydrogen-bond donors (Lipinski definition) is 1. The lowest BCUT2D eigenvalue weighted by atomic mass is 10.1. The third kappa shape index (κ3) is 2.00. The molecule has 0 spiro atoms. The average molecular weight is 256 g/mol. The van der Waals surface area contributed by atoms with Gasteiger partial charge in [-0.1, -0.05) is 30.3 Å². The van der Waals surface area contributed by atoms with Crippen LogP contribution in [-0.2, 0) is 6.42 Å². The van der Waals surface area contributed by atoms with Gasteiger partial charge in [0.05, 0.1) is 5.69 Å². The fourth-order valence-electron chi connectivity index (χ4n) is 2.75. The summed E-state index contributed by atoms with van der Waals surface area (Å²) in [7, 11) is 0. The third-order valence-corrected chi connectivity index (χ3v) is 3.67. The first-order valence-corrected chi connectivity index (χ1v) is 6.58. The minimum absolute atomic E-state index is 0.182. The minimum atomic E-state index is -0.202. The van der Waals surface area contributed by atoms with Crippen molar-refractivity contribution in [2.45, 2.75) is 19.4 Å². The molecule has 1 aliphatic rings. The quantitative estimate of drug-likeness (QED) is 0.890. The molecule has 0 bridgehead atoms. The smallest absolute Gasteiger partial charge is 0.147 e. The number of para-hydroxylation sites is 2. The predicted octanol–water partition coefficient (Wildman–Crippen LogP) is 3.54. The van der Waals surface area contributed by atoms with Gasteiger partial charge in [0.1, 0.15) is 5.82 Å². The molecule has 1 atom stereocenters. The van der Waals surface area contributed by atoms with Crippen LogP contribution in [0, 0.1) is 5.82 Å². The standard InChI is InChI=1S/C16H17FN2/c1-11(18)13-6-4-7-14(17)16(13)19-10-9-12-5-2-3-8-15(12)19/h2-8,11H,9-10,18H2,1H3. The monoisotopic (exact) mass is 256 g/mol. The molecular weight excluding hydrogens is 239 g/mol.